The van der Waals surface area contributed by atoms with E-state index in [1.165, 1.54) is 18.2 Å². The van der Waals surface area contributed by atoms with Crippen molar-refractivity contribution in [2.75, 3.05) is 6.61 Å². The predicted molar refractivity (Wildman–Crippen MR) is 104 cm³/mol. The molecule has 0 saturated heterocycles. The zero-order valence-corrected chi connectivity index (χ0v) is 16.5. The zero-order valence-electron chi connectivity index (χ0n) is 16.5. The maximum atomic E-state index is 13.4. The lowest BCUT2D eigenvalue weighted by Gasteiger charge is -2.30. The Morgan fingerprint density at radius 3 is 2.35 bits per heavy atom. The van der Waals surface area contributed by atoms with Gasteiger partial charge in [-0.25, -0.2) is 17.6 Å². The lowest BCUT2D eigenvalue weighted by Crippen LogP contribution is -2.51. The highest BCUT2D eigenvalue weighted by atomic mass is 19.3. The fourth-order valence-corrected chi connectivity index (χ4v) is 2.99. The van der Waals surface area contributed by atoms with E-state index < -0.39 is 36.6 Å². The second kappa shape index (κ2) is 9.34. The van der Waals surface area contributed by atoms with Crippen LogP contribution < -0.4 is 9.47 Å². The Kier molecular flexibility index (Phi) is 6.79. The second-order valence-corrected chi connectivity index (χ2v) is 6.76. The van der Waals surface area contributed by atoms with E-state index >= 15 is 0 Å². The number of carbonyl (C=O) groups excluding carboxylic acids is 1. The van der Waals surface area contributed by atoms with Crippen molar-refractivity contribution < 1.29 is 36.9 Å². The molecule has 166 valence electrons. The van der Waals surface area contributed by atoms with Gasteiger partial charge < -0.3 is 14.6 Å². The third-order valence-electron chi connectivity index (χ3n) is 4.54. The van der Waals surface area contributed by atoms with Crippen LogP contribution in [0, 0.1) is 0 Å². The van der Waals surface area contributed by atoms with E-state index in [9.17, 15) is 27.5 Å². The first-order valence-electron chi connectivity index (χ1n) is 9.39. The van der Waals surface area contributed by atoms with Gasteiger partial charge in [0.1, 0.15) is 23.8 Å². The van der Waals surface area contributed by atoms with Crippen LogP contribution in [0.4, 0.5) is 17.6 Å². The summed E-state index contributed by atoms with van der Waals surface area (Å²) in [5, 5.41) is 13.4. The summed E-state index contributed by atoms with van der Waals surface area (Å²) in [5.41, 5.74) is -3.69. The van der Waals surface area contributed by atoms with Crippen LogP contribution in [0.2, 0.25) is 0 Å². The summed E-state index contributed by atoms with van der Waals surface area (Å²) in [6.45, 7) is 2.45. The van der Waals surface area contributed by atoms with Crippen molar-refractivity contribution in [3.8, 4) is 11.5 Å². The van der Waals surface area contributed by atoms with Crippen molar-refractivity contribution in [1.29, 1.82) is 0 Å². The fourth-order valence-electron chi connectivity index (χ4n) is 2.99. The molecule has 0 radical (unpaired) electrons. The molecule has 0 bridgehead atoms. The second-order valence-electron chi connectivity index (χ2n) is 6.76. The molecular weight excluding hydrogens is 420 g/mol. The van der Waals surface area contributed by atoms with Crippen LogP contribution in [-0.2, 0) is 6.61 Å². The Bertz CT molecular complexity index is 953. The topological polar surface area (TPSA) is 71.4 Å². The maximum absolute atomic E-state index is 13.4. The fraction of sp³-hybridized carbons (Fsp3) is 0.333. The molecule has 0 saturated carbocycles. The number of ether oxygens (including phenoxy) is 2. The normalized spacial score (nSPS) is 18.5. The van der Waals surface area contributed by atoms with Crippen LogP contribution in [0.15, 0.2) is 53.6 Å². The number of rotatable bonds is 8. The van der Waals surface area contributed by atoms with Crippen LogP contribution >= 0.6 is 0 Å². The van der Waals surface area contributed by atoms with Crippen molar-refractivity contribution >= 4 is 11.6 Å². The van der Waals surface area contributed by atoms with Crippen LogP contribution in [-0.4, -0.2) is 46.9 Å². The third-order valence-corrected chi connectivity index (χ3v) is 4.54. The largest absolute Gasteiger partial charge is 0.494 e. The summed E-state index contributed by atoms with van der Waals surface area (Å²) < 4.78 is 63.6. The lowest BCUT2D eigenvalue weighted by atomic mass is 10.1. The summed E-state index contributed by atoms with van der Waals surface area (Å²) in [4.78, 5) is 12.7. The van der Waals surface area contributed by atoms with Crippen LogP contribution in [0.5, 0.6) is 11.5 Å². The number of hydrogen-bond acceptors (Lipinski definition) is 5. The molecular formula is C21H20F4N2O4. The molecule has 1 N–H and O–H groups in total. The molecule has 2 aromatic rings. The molecule has 1 amide bonds. The molecule has 3 rings (SSSR count). The first kappa shape index (κ1) is 22.5. The van der Waals surface area contributed by atoms with Crippen molar-refractivity contribution in [2.45, 2.75) is 38.5 Å². The molecule has 0 spiro atoms. The molecule has 0 aliphatic carbocycles. The number of aliphatic hydroxyl groups is 1. The Morgan fingerprint density at radius 1 is 1.13 bits per heavy atom. The quantitative estimate of drug-likeness (QED) is 0.628. The number of amides is 1. The lowest BCUT2D eigenvalue weighted by molar-refractivity contribution is -0.164. The van der Waals surface area contributed by atoms with E-state index in [4.69, 9.17) is 9.47 Å². The Balaban J connectivity index is 1.74. The molecule has 10 heteroatoms. The van der Waals surface area contributed by atoms with Gasteiger partial charge in [0.2, 0.25) is 5.72 Å². The van der Waals surface area contributed by atoms with Gasteiger partial charge in [-0.05, 0) is 48.9 Å². The number of hydrogen-bond donors (Lipinski definition) is 1. The molecule has 0 aromatic heterocycles. The summed E-state index contributed by atoms with van der Waals surface area (Å²) in [6, 6.07) is 12.7. The summed E-state index contributed by atoms with van der Waals surface area (Å²) >= 11 is 0. The van der Waals surface area contributed by atoms with Crippen LogP contribution in [0.25, 0.3) is 0 Å². The number of alkyl halides is 4. The SMILES string of the molecule is CCOc1ccc(OCc2cccc(C(=O)N3N=C(C(F)F)C[C@@]3(O)C(F)F)c2)cc1. The van der Waals surface area contributed by atoms with Gasteiger partial charge in [-0.2, -0.15) is 10.1 Å². The molecule has 1 atom stereocenters. The summed E-state index contributed by atoms with van der Waals surface area (Å²) in [5.74, 6) is 0.0997. The van der Waals surface area contributed by atoms with Crippen LogP contribution in [0.1, 0.15) is 29.3 Å². The molecule has 1 aliphatic heterocycles. The Labute approximate surface area is 175 Å². The molecule has 0 fully saturated rings. The minimum absolute atomic E-state index is 0.0333. The highest BCUT2D eigenvalue weighted by Gasteiger charge is 2.53. The van der Waals surface area contributed by atoms with E-state index in [-0.39, 0.29) is 17.2 Å². The van der Waals surface area contributed by atoms with Gasteiger partial charge in [0.25, 0.3) is 18.8 Å². The van der Waals surface area contributed by atoms with Gasteiger partial charge in [-0.15, -0.1) is 0 Å². The van der Waals surface area contributed by atoms with Crippen molar-refractivity contribution in [2.24, 2.45) is 5.10 Å². The van der Waals surface area contributed by atoms with Gasteiger partial charge in [0, 0.05) is 12.0 Å². The number of halogens is 4. The minimum Gasteiger partial charge on any atom is -0.494 e. The monoisotopic (exact) mass is 440 g/mol. The average molecular weight is 440 g/mol. The first-order valence-corrected chi connectivity index (χ1v) is 9.39. The van der Waals surface area contributed by atoms with Crippen molar-refractivity contribution in [3.63, 3.8) is 0 Å². The molecule has 6 nitrogen and oxygen atoms in total. The first-order chi connectivity index (χ1) is 14.7. The van der Waals surface area contributed by atoms with E-state index in [0.717, 1.165) is 0 Å². The number of benzene rings is 2. The predicted octanol–water partition coefficient (Wildman–Crippen LogP) is 4.09. The molecule has 0 unspecified atom stereocenters. The zero-order chi connectivity index (χ0) is 22.6. The highest BCUT2D eigenvalue weighted by molar-refractivity contribution is 5.99. The highest BCUT2D eigenvalue weighted by Crippen LogP contribution is 2.34. The van der Waals surface area contributed by atoms with Gasteiger partial charge in [0.15, 0.2) is 0 Å². The van der Waals surface area contributed by atoms with E-state index in [2.05, 4.69) is 5.10 Å². The van der Waals surface area contributed by atoms with Crippen molar-refractivity contribution in [1.82, 2.24) is 5.01 Å². The van der Waals surface area contributed by atoms with E-state index in [1.807, 2.05) is 6.92 Å². The Morgan fingerprint density at radius 2 is 1.77 bits per heavy atom. The summed E-state index contributed by atoms with van der Waals surface area (Å²) in [6.07, 6.45) is -7.78. The van der Waals surface area contributed by atoms with Gasteiger partial charge in [-0.1, -0.05) is 12.1 Å². The van der Waals surface area contributed by atoms with Crippen molar-refractivity contribution in [3.05, 3.63) is 59.7 Å². The van der Waals surface area contributed by atoms with Crippen LogP contribution in [0.3, 0.4) is 0 Å². The molecule has 31 heavy (non-hydrogen) atoms. The third kappa shape index (κ3) is 4.96. The minimum atomic E-state index is -3.48. The average Bonchev–Trinajstić information content (AvgIpc) is 3.12. The number of carbonyl (C=O) groups is 1. The number of nitrogens with zero attached hydrogens (tertiary/aromatic N) is 2. The van der Waals surface area contributed by atoms with Gasteiger partial charge >= 0.3 is 0 Å². The van der Waals surface area contributed by atoms with E-state index in [0.29, 0.717) is 23.7 Å². The Hall–Kier alpha value is -3.14. The van der Waals surface area contributed by atoms with Gasteiger partial charge in [-0.3, -0.25) is 4.79 Å². The van der Waals surface area contributed by atoms with Gasteiger partial charge in [0.05, 0.1) is 6.61 Å². The molecule has 1 aliphatic rings. The summed E-state index contributed by atoms with van der Waals surface area (Å²) in [7, 11) is 0. The maximum Gasteiger partial charge on any atom is 0.287 e. The van der Waals surface area contributed by atoms with E-state index in [1.54, 1.807) is 30.3 Å². The molecule has 2 aromatic carbocycles. The molecule has 1 heterocycles. The smallest absolute Gasteiger partial charge is 0.287 e. The number of hydrazone groups is 1. The standard InChI is InChI=1S/C21H20F4N2O4/c1-2-30-15-6-8-16(9-7-15)31-12-13-4-3-5-14(10-13)19(28)27-21(29,20(24)25)11-17(26-27)18(22)23/h3-10,18,20,29H,2,11-12H2,1H3/t21-/m1/s1.